The molecule has 0 bridgehead atoms. The number of nitrogens with one attached hydrogen (secondary N) is 1. The van der Waals surface area contributed by atoms with Crippen LogP contribution in [0.1, 0.15) is 24.8 Å². The number of ether oxygens (including phenoxy) is 1. The fourth-order valence-corrected chi connectivity index (χ4v) is 2.59. The van der Waals surface area contributed by atoms with E-state index in [2.05, 4.69) is 29.4 Å². The van der Waals surface area contributed by atoms with Gasteiger partial charge >= 0.3 is 0 Å². The third-order valence-electron chi connectivity index (χ3n) is 3.76. The van der Waals surface area contributed by atoms with Crippen molar-refractivity contribution in [3.05, 3.63) is 29.8 Å². The molecular formula is C15H25ClN2O. The Morgan fingerprint density at radius 1 is 1.21 bits per heavy atom. The Hall–Kier alpha value is -0.770. The van der Waals surface area contributed by atoms with Gasteiger partial charge in [-0.3, -0.25) is 4.90 Å². The van der Waals surface area contributed by atoms with E-state index >= 15 is 0 Å². The van der Waals surface area contributed by atoms with Crippen molar-refractivity contribution >= 4 is 12.4 Å². The maximum atomic E-state index is 5.19. The van der Waals surface area contributed by atoms with Crippen LogP contribution in [-0.2, 0) is 6.54 Å². The molecule has 1 N–H and O–H groups in total. The van der Waals surface area contributed by atoms with Gasteiger partial charge in [0, 0.05) is 12.6 Å². The molecule has 108 valence electrons. The molecule has 4 heteroatoms. The van der Waals surface area contributed by atoms with E-state index in [1.165, 1.54) is 31.4 Å². The zero-order valence-electron chi connectivity index (χ0n) is 11.9. The first-order valence-corrected chi connectivity index (χ1v) is 6.83. The van der Waals surface area contributed by atoms with Gasteiger partial charge in [0.2, 0.25) is 0 Å². The molecule has 2 rings (SSSR count). The summed E-state index contributed by atoms with van der Waals surface area (Å²) in [6.45, 7) is 3.35. The molecular weight excluding hydrogens is 260 g/mol. The normalized spacial score (nSPS) is 19.6. The van der Waals surface area contributed by atoms with Crippen LogP contribution < -0.4 is 10.1 Å². The van der Waals surface area contributed by atoms with Gasteiger partial charge in [-0.05, 0) is 57.1 Å². The highest BCUT2D eigenvalue weighted by Crippen LogP contribution is 2.17. The maximum Gasteiger partial charge on any atom is 0.118 e. The summed E-state index contributed by atoms with van der Waals surface area (Å²) in [6.07, 6.45) is 3.85. The predicted molar refractivity (Wildman–Crippen MR) is 82.2 cm³/mol. The van der Waals surface area contributed by atoms with Gasteiger partial charge in [-0.15, -0.1) is 12.4 Å². The van der Waals surface area contributed by atoms with Gasteiger partial charge in [-0.1, -0.05) is 12.1 Å². The van der Waals surface area contributed by atoms with Crippen molar-refractivity contribution in [1.82, 2.24) is 10.2 Å². The minimum absolute atomic E-state index is 0. The van der Waals surface area contributed by atoms with Crippen molar-refractivity contribution in [3.63, 3.8) is 0 Å². The van der Waals surface area contributed by atoms with Crippen LogP contribution in [0.2, 0.25) is 0 Å². The molecule has 0 aromatic heterocycles. The summed E-state index contributed by atoms with van der Waals surface area (Å²) in [5.41, 5.74) is 1.36. The molecule has 0 aliphatic carbocycles. The third-order valence-corrected chi connectivity index (χ3v) is 3.76. The number of halogens is 1. The molecule has 3 nitrogen and oxygen atoms in total. The molecule has 0 amide bonds. The first-order chi connectivity index (χ1) is 8.79. The molecule has 0 saturated carbocycles. The summed E-state index contributed by atoms with van der Waals surface area (Å²) >= 11 is 0. The lowest BCUT2D eigenvalue weighted by Gasteiger charge is -2.26. The number of rotatable bonds is 4. The smallest absolute Gasteiger partial charge is 0.118 e. The highest BCUT2D eigenvalue weighted by Gasteiger charge is 2.16. The number of benzene rings is 1. The van der Waals surface area contributed by atoms with Crippen LogP contribution in [0.15, 0.2) is 24.3 Å². The number of hydrogen-bond acceptors (Lipinski definition) is 3. The standard InChI is InChI=1S/C15H24N2O.ClH/c1-17(14-4-3-10-16-11-9-14)12-13-5-7-15(18-2)8-6-13;/h5-8,14,16H,3-4,9-12H2,1-2H3;1H. The van der Waals surface area contributed by atoms with E-state index in [9.17, 15) is 0 Å². The topological polar surface area (TPSA) is 24.5 Å². The average Bonchev–Trinajstić information content (AvgIpc) is 2.68. The maximum absolute atomic E-state index is 5.19. The van der Waals surface area contributed by atoms with Crippen molar-refractivity contribution in [3.8, 4) is 5.75 Å². The van der Waals surface area contributed by atoms with E-state index in [4.69, 9.17) is 4.74 Å². The molecule has 19 heavy (non-hydrogen) atoms. The van der Waals surface area contributed by atoms with Crippen molar-refractivity contribution in [2.75, 3.05) is 27.2 Å². The van der Waals surface area contributed by atoms with Crippen molar-refractivity contribution in [2.24, 2.45) is 0 Å². The second-order valence-corrected chi connectivity index (χ2v) is 5.10. The monoisotopic (exact) mass is 284 g/mol. The minimum atomic E-state index is 0. The Balaban J connectivity index is 0.00000180. The van der Waals surface area contributed by atoms with Gasteiger partial charge in [0.25, 0.3) is 0 Å². The Morgan fingerprint density at radius 3 is 2.63 bits per heavy atom. The molecule has 1 saturated heterocycles. The summed E-state index contributed by atoms with van der Waals surface area (Å²) in [4.78, 5) is 2.48. The van der Waals surface area contributed by atoms with Crippen LogP contribution in [0.5, 0.6) is 5.75 Å². The Labute approximate surface area is 122 Å². The first-order valence-electron chi connectivity index (χ1n) is 6.83. The van der Waals surface area contributed by atoms with Crippen molar-refractivity contribution in [1.29, 1.82) is 0 Å². The van der Waals surface area contributed by atoms with E-state index in [0.717, 1.165) is 18.8 Å². The van der Waals surface area contributed by atoms with Crippen LogP contribution >= 0.6 is 12.4 Å². The highest BCUT2D eigenvalue weighted by molar-refractivity contribution is 5.85. The molecule has 1 aliphatic rings. The fourth-order valence-electron chi connectivity index (χ4n) is 2.59. The van der Waals surface area contributed by atoms with Gasteiger partial charge in [-0.25, -0.2) is 0 Å². The van der Waals surface area contributed by atoms with Gasteiger partial charge in [0.15, 0.2) is 0 Å². The molecule has 0 radical (unpaired) electrons. The van der Waals surface area contributed by atoms with Gasteiger partial charge in [0.1, 0.15) is 5.75 Å². The van der Waals surface area contributed by atoms with Gasteiger partial charge in [-0.2, -0.15) is 0 Å². The van der Waals surface area contributed by atoms with Crippen LogP contribution in [0, 0.1) is 0 Å². The zero-order chi connectivity index (χ0) is 12.8. The lowest BCUT2D eigenvalue weighted by atomic mass is 10.1. The molecule has 0 spiro atoms. The number of methoxy groups -OCH3 is 1. The molecule has 1 unspecified atom stereocenters. The number of hydrogen-bond donors (Lipinski definition) is 1. The summed E-state index contributed by atoms with van der Waals surface area (Å²) in [7, 11) is 3.94. The Morgan fingerprint density at radius 2 is 1.95 bits per heavy atom. The molecule has 1 fully saturated rings. The largest absolute Gasteiger partial charge is 0.497 e. The fraction of sp³-hybridized carbons (Fsp3) is 0.600. The Kier molecular flexibility index (Phi) is 7.21. The van der Waals surface area contributed by atoms with Crippen molar-refractivity contribution in [2.45, 2.75) is 31.8 Å². The molecule has 1 aromatic rings. The summed E-state index contributed by atoms with van der Waals surface area (Å²) in [5.74, 6) is 0.931. The predicted octanol–water partition coefficient (Wildman–Crippen LogP) is 2.69. The molecule has 1 heterocycles. The summed E-state index contributed by atoms with van der Waals surface area (Å²) in [5, 5.41) is 3.47. The van der Waals surface area contributed by atoms with Gasteiger partial charge < -0.3 is 10.1 Å². The lowest BCUT2D eigenvalue weighted by Crippen LogP contribution is -2.31. The van der Waals surface area contributed by atoms with Gasteiger partial charge in [0.05, 0.1) is 7.11 Å². The molecule has 1 aliphatic heterocycles. The van der Waals surface area contributed by atoms with E-state index in [1.54, 1.807) is 7.11 Å². The second-order valence-electron chi connectivity index (χ2n) is 5.10. The third kappa shape index (κ3) is 5.01. The SMILES string of the molecule is COc1ccc(CN(C)C2CCCNCC2)cc1.Cl. The van der Waals surface area contributed by atoms with Crippen molar-refractivity contribution < 1.29 is 4.74 Å². The highest BCUT2D eigenvalue weighted by atomic mass is 35.5. The molecule has 1 aromatic carbocycles. The quantitative estimate of drug-likeness (QED) is 0.920. The van der Waals surface area contributed by atoms with E-state index < -0.39 is 0 Å². The van der Waals surface area contributed by atoms with Crippen LogP contribution in [0.3, 0.4) is 0 Å². The average molecular weight is 285 g/mol. The first kappa shape index (κ1) is 16.3. The van der Waals surface area contributed by atoms with E-state index in [1.807, 2.05) is 12.1 Å². The van der Waals surface area contributed by atoms with Crippen LogP contribution in [-0.4, -0.2) is 38.2 Å². The van der Waals surface area contributed by atoms with E-state index in [0.29, 0.717) is 6.04 Å². The van der Waals surface area contributed by atoms with Crippen LogP contribution in [0.4, 0.5) is 0 Å². The minimum Gasteiger partial charge on any atom is -0.497 e. The molecule has 1 atom stereocenters. The Bertz CT molecular complexity index is 348. The lowest BCUT2D eigenvalue weighted by molar-refractivity contribution is 0.216. The number of nitrogens with zero attached hydrogens (tertiary/aromatic N) is 1. The second kappa shape index (κ2) is 8.41. The summed E-state index contributed by atoms with van der Waals surface area (Å²) in [6, 6.07) is 9.10. The zero-order valence-corrected chi connectivity index (χ0v) is 12.7. The summed E-state index contributed by atoms with van der Waals surface area (Å²) < 4.78 is 5.19. The van der Waals surface area contributed by atoms with E-state index in [-0.39, 0.29) is 12.4 Å². The van der Waals surface area contributed by atoms with Crippen LogP contribution in [0.25, 0.3) is 0 Å².